The van der Waals surface area contributed by atoms with E-state index in [1.807, 2.05) is 6.07 Å². The van der Waals surface area contributed by atoms with Gasteiger partial charge in [-0.3, -0.25) is 4.79 Å². The summed E-state index contributed by atoms with van der Waals surface area (Å²) in [5, 5.41) is 30.0. The summed E-state index contributed by atoms with van der Waals surface area (Å²) in [6.45, 7) is 3.55. The Kier molecular flexibility index (Phi) is 6.48. The maximum absolute atomic E-state index is 12.2. The van der Waals surface area contributed by atoms with Crippen molar-refractivity contribution >= 4 is 17.8 Å². The summed E-state index contributed by atoms with van der Waals surface area (Å²) in [4.78, 5) is 35.6. The van der Waals surface area contributed by atoms with Gasteiger partial charge in [-0.15, -0.1) is 0 Å². The molecule has 0 atom stereocenters. The zero-order valence-electron chi connectivity index (χ0n) is 13.6. The molecule has 24 heavy (non-hydrogen) atoms. The molecule has 0 aliphatic heterocycles. The molecule has 1 aromatic rings. The molecule has 0 spiro atoms. The van der Waals surface area contributed by atoms with Crippen molar-refractivity contribution in [2.24, 2.45) is 5.92 Å². The van der Waals surface area contributed by atoms with Crippen LogP contribution in [0, 0.1) is 17.2 Å². The van der Waals surface area contributed by atoms with Crippen LogP contribution in [0.25, 0.3) is 0 Å². The summed E-state index contributed by atoms with van der Waals surface area (Å²) in [6, 6.07) is 7.80. The molecule has 1 aromatic carbocycles. The number of nitriles is 1. The van der Waals surface area contributed by atoms with E-state index < -0.39 is 35.7 Å². The number of benzene rings is 1. The monoisotopic (exact) mass is 332 g/mol. The van der Waals surface area contributed by atoms with Crippen molar-refractivity contribution in [3.8, 4) is 6.07 Å². The number of carbonyl (C=O) groups is 3. The highest BCUT2D eigenvalue weighted by Crippen LogP contribution is 2.18. The van der Waals surface area contributed by atoms with E-state index in [1.165, 1.54) is 24.3 Å². The third-order valence-electron chi connectivity index (χ3n) is 3.98. The lowest BCUT2D eigenvalue weighted by Gasteiger charge is -2.28. The first-order valence-electron chi connectivity index (χ1n) is 7.58. The second kappa shape index (κ2) is 8.11. The highest BCUT2D eigenvalue weighted by molar-refractivity contribution is 6.06. The lowest BCUT2D eigenvalue weighted by molar-refractivity contribution is -0.161. The fourth-order valence-electron chi connectivity index (χ4n) is 2.37. The molecule has 0 aliphatic rings. The molecule has 3 N–H and O–H groups in total. The zero-order valence-corrected chi connectivity index (χ0v) is 13.6. The zero-order chi connectivity index (χ0) is 18.3. The van der Waals surface area contributed by atoms with Crippen LogP contribution in [0.15, 0.2) is 24.3 Å². The van der Waals surface area contributed by atoms with Crippen molar-refractivity contribution in [1.29, 1.82) is 5.26 Å². The van der Waals surface area contributed by atoms with Crippen LogP contribution in [-0.2, 0) is 20.8 Å². The van der Waals surface area contributed by atoms with Crippen LogP contribution in [0.2, 0.25) is 0 Å². The molecule has 7 nitrogen and oxygen atoms in total. The Morgan fingerprint density at radius 2 is 1.62 bits per heavy atom. The fraction of sp³-hybridized carbons (Fsp3) is 0.412. The second-order valence-corrected chi connectivity index (χ2v) is 5.50. The number of rotatable bonds is 8. The molecule has 0 unspecified atom stereocenters. The van der Waals surface area contributed by atoms with Gasteiger partial charge in [0.25, 0.3) is 0 Å². The van der Waals surface area contributed by atoms with Gasteiger partial charge < -0.3 is 15.5 Å². The predicted octanol–water partition coefficient (Wildman–Crippen LogP) is 1.56. The molecule has 1 amide bonds. The van der Waals surface area contributed by atoms with Crippen molar-refractivity contribution in [2.45, 2.75) is 38.6 Å². The van der Waals surface area contributed by atoms with Crippen molar-refractivity contribution < 1.29 is 24.6 Å². The lowest BCUT2D eigenvalue weighted by atomic mass is 9.89. The first kappa shape index (κ1) is 19.2. The van der Waals surface area contributed by atoms with Gasteiger partial charge in [-0.25, -0.2) is 9.59 Å². The number of hydrogen-bond donors (Lipinski definition) is 3. The molecule has 0 saturated carbocycles. The minimum atomic E-state index is -2.45. The maximum Gasteiger partial charge on any atom is 0.341 e. The Bertz CT molecular complexity index is 643. The van der Waals surface area contributed by atoms with E-state index in [0.717, 1.165) is 0 Å². The summed E-state index contributed by atoms with van der Waals surface area (Å²) in [5.41, 5.74) is -1.69. The van der Waals surface area contributed by atoms with Crippen LogP contribution < -0.4 is 5.32 Å². The number of carboxylic acids is 2. The Balaban J connectivity index is 3.19. The Hall–Kier alpha value is -2.88. The number of nitrogens with zero attached hydrogens (tertiary/aromatic N) is 1. The van der Waals surface area contributed by atoms with Gasteiger partial charge in [0, 0.05) is 12.3 Å². The summed E-state index contributed by atoms with van der Waals surface area (Å²) < 4.78 is 0. The van der Waals surface area contributed by atoms with Crippen LogP contribution in [0.5, 0.6) is 0 Å². The largest absolute Gasteiger partial charge is 0.479 e. The molecule has 0 aliphatic carbocycles. The van der Waals surface area contributed by atoms with Crippen LogP contribution >= 0.6 is 0 Å². The van der Waals surface area contributed by atoms with Gasteiger partial charge in [0.1, 0.15) is 0 Å². The van der Waals surface area contributed by atoms with Gasteiger partial charge in [-0.2, -0.15) is 5.26 Å². The first-order chi connectivity index (χ1) is 11.3. The van der Waals surface area contributed by atoms with Gasteiger partial charge in [0.2, 0.25) is 11.4 Å². The average Bonchev–Trinajstić information content (AvgIpc) is 2.55. The topological polar surface area (TPSA) is 127 Å². The summed E-state index contributed by atoms with van der Waals surface area (Å²) in [6.07, 6.45) is 0.540. The van der Waals surface area contributed by atoms with E-state index in [0.29, 0.717) is 24.0 Å². The molecule has 1 rings (SSSR count). The molecule has 0 saturated heterocycles. The summed E-state index contributed by atoms with van der Waals surface area (Å²) in [5.74, 6) is -4.33. The van der Waals surface area contributed by atoms with Gasteiger partial charge in [-0.1, -0.05) is 26.0 Å². The normalized spacial score (nSPS) is 10.9. The van der Waals surface area contributed by atoms with Crippen LogP contribution in [0.4, 0.5) is 0 Å². The Labute approximate surface area is 139 Å². The molecule has 0 heterocycles. The van der Waals surface area contributed by atoms with Gasteiger partial charge in [0.05, 0.1) is 11.6 Å². The number of carbonyl (C=O) groups excluding carboxylic acids is 1. The molecule has 128 valence electrons. The van der Waals surface area contributed by atoms with Gasteiger partial charge in [0.15, 0.2) is 0 Å². The third kappa shape index (κ3) is 4.10. The molecule has 7 heteroatoms. The SMILES string of the molecule is CCC(CC)C(=O)NC(Cc1ccc(C#N)cc1)(C(=O)O)C(=O)O. The highest BCUT2D eigenvalue weighted by atomic mass is 16.4. The minimum absolute atomic E-state index is 0.371. The Morgan fingerprint density at radius 3 is 2.00 bits per heavy atom. The smallest absolute Gasteiger partial charge is 0.341 e. The number of nitrogens with one attached hydrogen (secondary N) is 1. The quantitative estimate of drug-likeness (QED) is 0.620. The second-order valence-electron chi connectivity index (χ2n) is 5.50. The maximum atomic E-state index is 12.2. The number of hydrogen-bond acceptors (Lipinski definition) is 4. The molecule has 0 fully saturated rings. The molecule has 0 aromatic heterocycles. The number of amides is 1. The van der Waals surface area contributed by atoms with E-state index in [4.69, 9.17) is 5.26 Å². The van der Waals surface area contributed by atoms with E-state index in [2.05, 4.69) is 5.32 Å². The molecule has 0 bridgehead atoms. The lowest BCUT2D eigenvalue weighted by Crippen LogP contribution is -2.62. The van der Waals surface area contributed by atoms with Crippen molar-refractivity contribution in [3.63, 3.8) is 0 Å². The van der Waals surface area contributed by atoms with Crippen LogP contribution in [0.1, 0.15) is 37.8 Å². The average molecular weight is 332 g/mol. The van der Waals surface area contributed by atoms with Gasteiger partial charge in [-0.05, 0) is 30.5 Å². The predicted molar refractivity (Wildman–Crippen MR) is 85.1 cm³/mol. The van der Waals surface area contributed by atoms with E-state index in [1.54, 1.807) is 13.8 Å². The first-order valence-corrected chi connectivity index (χ1v) is 7.58. The van der Waals surface area contributed by atoms with E-state index >= 15 is 0 Å². The van der Waals surface area contributed by atoms with Crippen molar-refractivity contribution in [3.05, 3.63) is 35.4 Å². The summed E-state index contributed by atoms with van der Waals surface area (Å²) in [7, 11) is 0. The van der Waals surface area contributed by atoms with Crippen LogP contribution in [-0.4, -0.2) is 33.6 Å². The Morgan fingerprint density at radius 1 is 1.12 bits per heavy atom. The third-order valence-corrected chi connectivity index (χ3v) is 3.98. The molecular formula is C17H20N2O5. The molecular weight excluding hydrogens is 312 g/mol. The minimum Gasteiger partial charge on any atom is -0.479 e. The van der Waals surface area contributed by atoms with Crippen molar-refractivity contribution in [1.82, 2.24) is 5.32 Å². The standard InChI is InChI=1S/C17H20N2O5/c1-3-13(4-2)14(20)19-17(15(21)22,16(23)24)9-11-5-7-12(10-18)8-6-11/h5-8,13H,3-4,9H2,1-2H3,(H,19,20)(H,21,22)(H,23,24). The highest BCUT2D eigenvalue weighted by Gasteiger charge is 2.48. The fourth-order valence-corrected chi connectivity index (χ4v) is 2.37. The van der Waals surface area contributed by atoms with Crippen LogP contribution in [0.3, 0.4) is 0 Å². The molecule has 0 radical (unpaired) electrons. The van der Waals surface area contributed by atoms with Gasteiger partial charge >= 0.3 is 11.9 Å². The van der Waals surface area contributed by atoms with Crippen molar-refractivity contribution in [2.75, 3.05) is 0 Å². The van der Waals surface area contributed by atoms with E-state index in [9.17, 15) is 24.6 Å². The summed E-state index contributed by atoms with van der Waals surface area (Å²) >= 11 is 0. The number of carboxylic acid groups (broad SMARTS) is 2. The number of aliphatic carboxylic acids is 2. The van der Waals surface area contributed by atoms with E-state index in [-0.39, 0.29) is 0 Å².